The molecule has 0 radical (unpaired) electrons. The Balaban J connectivity index is 1.96. The second kappa shape index (κ2) is 7.96. The Morgan fingerprint density at radius 1 is 1.38 bits per heavy atom. The van der Waals surface area contributed by atoms with Gasteiger partial charge in [0.25, 0.3) is 0 Å². The third-order valence-corrected chi connectivity index (χ3v) is 6.72. The quantitative estimate of drug-likeness (QED) is 0.736. The van der Waals surface area contributed by atoms with Crippen LogP contribution in [0.15, 0.2) is 30.3 Å². The molecule has 1 atom stereocenters. The second-order valence-corrected chi connectivity index (χ2v) is 8.50. The van der Waals surface area contributed by atoms with Crippen LogP contribution in [0.4, 0.5) is 0 Å². The van der Waals surface area contributed by atoms with Gasteiger partial charge in [0.2, 0.25) is 10.0 Å². The summed E-state index contributed by atoms with van der Waals surface area (Å²) in [5.41, 5.74) is 1.92. The number of nitrogens with zero attached hydrogens (tertiary/aromatic N) is 1. The van der Waals surface area contributed by atoms with Crippen LogP contribution in [0.2, 0.25) is 0 Å². The van der Waals surface area contributed by atoms with E-state index in [2.05, 4.69) is 0 Å². The minimum atomic E-state index is -3.76. The van der Waals surface area contributed by atoms with Gasteiger partial charge in [-0.1, -0.05) is 30.3 Å². The van der Waals surface area contributed by atoms with E-state index in [0.717, 1.165) is 15.4 Å². The minimum absolute atomic E-state index is 0.118. The second-order valence-electron chi connectivity index (χ2n) is 5.46. The lowest BCUT2D eigenvalue weighted by atomic mass is 10.1. The van der Waals surface area contributed by atoms with Gasteiger partial charge >= 0.3 is 5.97 Å². The number of carbonyl (C=O) groups excluding carboxylic acids is 1. The van der Waals surface area contributed by atoms with E-state index in [1.54, 1.807) is 6.08 Å². The standard InChI is InChI=1S/C16H19NO5S2/c1-12-4-2-3-5-13(12)6-7-14(18)8-9-24(21,22)17-11-23-10-15(17)16(19)20/h2-7,15H,8-11H2,1H3,(H,19,20). The Labute approximate surface area is 145 Å². The number of rotatable bonds is 7. The summed E-state index contributed by atoms with van der Waals surface area (Å²) in [7, 11) is -3.76. The van der Waals surface area contributed by atoms with Crippen LogP contribution in [0.25, 0.3) is 6.08 Å². The van der Waals surface area contributed by atoms with E-state index in [1.807, 2.05) is 31.2 Å². The molecule has 1 heterocycles. The van der Waals surface area contributed by atoms with Crippen molar-refractivity contribution in [3.8, 4) is 0 Å². The van der Waals surface area contributed by atoms with E-state index in [1.165, 1.54) is 17.8 Å². The van der Waals surface area contributed by atoms with E-state index in [9.17, 15) is 18.0 Å². The Kier molecular flexibility index (Phi) is 6.20. The first-order chi connectivity index (χ1) is 11.3. The molecule has 130 valence electrons. The van der Waals surface area contributed by atoms with Crippen LogP contribution in [-0.2, 0) is 19.6 Å². The Bertz CT molecular complexity index is 757. The minimum Gasteiger partial charge on any atom is -0.480 e. The maximum atomic E-state index is 12.3. The van der Waals surface area contributed by atoms with Crippen LogP contribution in [-0.4, -0.2) is 53.0 Å². The Morgan fingerprint density at radius 3 is 2.75 bits per heavy atom. The molecule has 1 aliphatic rings. The number of hydrogen-bond acceptors (Lipinski definition) is 5. The predicted molar refractivity (Wildman–Crippen MR) is 94.2 cm³/mol. The number of ketones is 1. The van der Waals surface area contributed by atoms with Gasteiger partial charge in [0.05, 0.1) is 11.6 Å². The number of aryl methyl sites for hydroxylation is 1. The molecule has 0 aliphatic carbocycles. The highest BCUT2D eigenvalue weighted by atomic mass is 32.2. The lowest BCUT2D eigenvalue weighted by Crippen LogP contribution is -2.43. The number of benzene rings is 1. The van der Waals surface area contributed by atoms with Gasteiger partial charge in [-0.15, -0.1) is 11.8 Å². The largest absolute Gasteiger partial charge is 0.480 e. The maximum absolute atomic E-state index is 12.3. The van der Waals surface area contributed by atoms with Gasteiger partial charge in [-0.2, -0.15) is 4.31 Å². The molecule has 2 rings (SSSR count). The van der Waals surface area contributed by atoms with Gasteiger partial charge < -0.3 is 5.11 Å². The van der Waals surface area contributed by atoms with Crippen molar-refractivity contribution in [2.24, 2.45) is 0 Å². The lowest BCUT2D eigenvalue weighted by molar-refractivity contribution is -0.140. The summed E-state index contributed by atoms with van der Waals surface area (Å²) in [5, 5.41) is 9.06. The molecule has 24 heavy (non-hydrogen) atoms. The first kappa shape index (κ1) is 18.7. The van der Waals surface area contributed by atoms with Crippen molar-refractivity contribution in [1.82, 2.24) is 4.31 Å². The molecule has 0 spiro atoms. The summed E-state index contributed by atoms with van der Waals surface area (Å²) >= 11 is 1.26. The average molecular weight is 369 g/mol. The summed E-state index contributed by atoms with van der Waals surface area (Å²) in [6.45, 7) is 1.92. The highest BCUT2D eigenvalue weighted by molar-refractivity contribution is 8.00. The fraction of sp³-hybridized carbons (Fsp3) is 0.375. The molecule has 0 aromatic heterocycles. The maximum Gasteiger partial charge on any atom is 0.322 e. The van der Waals surface area contributed by atoms with Crippen LogP contribution in [0.3, 0.4) is 0 Å². The van der Waals surface area contributed by atoms with E-state index >= 15 is 0 Å². The summed E-state index contributed by atoms with van der Waals surface area (Å²) in [6.07, 6.45) is 2.86. The number of carbonyl (C=O) groups is 2. The average Bonchev–Trinajstić information content (AvgIpc) is 3.03. The number of aliphatic carboxylic acids is 1. The molecule has 1 aromatic rings. The molecule has 1 unspecified atom stereocenters. The fourth-order valence-electron chi connectivity index (χ4n) is 2.28. The third-order valence-electron chi connectivity index (χ3n) is 3.73. The van der Waals surface area contributed by atoms with Crippen LogP contribution >= 0.6 is 11.8 Å². The molecule has 1 N–H and O–H groups in total. The summed E-state index contributed by atoms with van der Waals surface area (Å²) in [4.78, 5) is 23.0. The molecular formula is C16H19NO5S2. The van der Waals surface area contributed by atoms with E-state index in [-0.39, 0.29) is 29.6 Å². The molecule has 0 bridgehead atoms. The van der Waals surface area contributed by atoms with Crippen molar-refractivity contribution in [3.63, 3.8) is 0 Å². The molecule has 1 fully saturated rings. The van der Waals surface area contributed by atoms with Crippen molar-refractivity contribution in [2.45, 2.75) is 19.4 Å². The van der Waals surface area contributed by atoms with Crippen LogP contribution < -0.4 is 0 Å². The number of allylic oxidation sites excluding steroid dienone is 1. The van der Waals surface area contributed by atoms with Gasteiger partial charge in [0.15, 0.2) is 5.78 Å². The zero-order valence-electron chi connectivity index (χ0n) is 13.2. The number of carboxylic acids is 1. The van der Waals surface area contributed by atoms with Crippen molar-refractivity contribution in [3.05, 3.63) is 41.5 Å². The molecular weight excluding hydrogens is 350 g/mol. The van der Waals surface area contributed by atoms with Crippen molar-refractivity contribution >= 4 is 39.6 Å². The topological polar surface area (TPSA) is 91.8 Å². The van der Waals surface area contributed by atoms with Gasteiger partial charge in [-0.05, 0) is 24.1 Å². The Hall–Kier alpha value is -1.64. The lowest BCUT2D eigenvalue weighted by Gasteiger charge is -2.19. The number of sulfonamides is 1. The molecule has 1 aliphatic heterocycles. The first-order valence-corrected chi connectivity index (χ1v) is 10.1. The predicted octanol–water partition coefficient (Wildman–Crippen LogP) is 1.76. The van der Waals surface area contributed by atoms with Gasteiger partial charge in [-0.3, -0.25) is 9.59 Å². The molecule has 6 nitrogen and oxygen atoms in total. The van der Waals surface area contributed by atoms with Crippen molar-refractivity contribution < 1.29 is 23.1 Å². The van der Waals surface area contributed by atoms with E-state index in [0.29, 0.717) is 0 Å². The molecule has 0 amide bonds. The normalized spacial score (nSPS) is 19.0. The van der Waals surface area contributed by atoms with E-state index < -0.39 is 22.0 Å². The van der Waals surface area contributed by atoms with Crippen molar-refractivity contribution in [2.75, 3.05) is 17.4 Å². The smallest absolute Gasteiger partial charge is 0.322 e. The SMILES string of the molecule is Cc1ccccc1C=CC(=O)CCS(=O)(=O)N1CSCC1C(=O)O. The van der Waals surface area contributed by atoms with Crippen LogP contribution in [0, 0.1) is 6.92 Å². The molecule has 1 saturated heterocycles. The van der Waals surface area contributed by atoms with Crippen LogP contribution in [0.1, 0.15) is 17.5 Å². The molecule has 1 aromatic carbocycles. The van der Waals surface area contributed by atoms with Crippen molar-refractivity contribution in [1.29, 1.82) is 0 Å². The summed E-state index contributed by atoms with van der Waals surface area (Å²) in [6, 6.07) is 6.50. The first-order valence-electron chi connectivity index (χ1n) is 7.38. The van der Waals surface area contributed by atoms with Gasteiger partial charge in [0, 0.05) is 12.2 Å². The molecule has 8 heteroatoms. The fourth-order valence-corrected chi connectivity index (χ4v) is 5.50. The molecule has 0 saturated carbocycles. The zero-order valence-corrected chi connectivity index (χ0v) is 14.8. The third kappa shape index (κ3) is 4.68. The summed E-state index contributed by atoms with van der Waals surface area (Å²) < 4.78 is 25.5. The highest BCUT2D eigenvalue weighted by Gasteiger charge is 2.38. The number of thioether (sulfide) groups is 1. The number of hydrogen-bond donors (Lipinski definition) is 1. The highest BCUT2D eigenvalue weighted by Crippen LogP contribution is 2.25. The van der Waals surface area contributed by atoms with Gasteiger partial charge in [-0.25, -0.2) is 8.42 Å². The zero-order chi connectivity index (χ0) is 17.7. The number of carboxylic acid groups (broad SMARTS) is 1. The van der Waals surface area contributed by atoms with Crippen LogP contribution in [0.5, 0.6) is 0 Å². The Morgan fingerprint density at radius 2 is 2.08 bits per heavy atom. The summed E-state index contributed by atoms with van der Waals surface area (Å²) in [5.74, 6) is -1.49. The van der Waals surface area contributed by atoms with E-state index in [4.69, 9.17) is 5.11 Å². The monoisotopic (exact) mass is 369 g/mol. The van der Waals surface area contributed by atoms with Gasteiger partial charge in [0.1, 0.15) is 6.04 Å².